The van der Waals surface area contributed by atoms with Gasteiger partial charge in [0.15, 0.2) is 0 Å². The zero-order chi connectivity index (χ0) is 18.2. The average molecular weight is 349 g/mol. The Hall–Kier alpha value is -2.08. The highest BCUT2D eigenvalue weighted by Gasteiger charge is 2.26. The predicted molar refractivity (Wildman–Crippen MR) is 93.8 cm³/mol. The molecule has 6 heteroatoms. The fourth-order valence-electron chi connectivity index (χ4n) is 3.00. The minimum absolute atomic E-state index is 0.0407. The Morgan fingerprint density at radius 3 is 2.64 bits per heavy atom. The number of hydrogen-bond donors (Lipinski definition) is 1. The minimum Gasteiger partial charge on any atom is -0.493 e. The SMILES string of the molecule is Cc1cccc(OCCC(=O)N(CCC(=O)O)C2CCOCC2)c1C. The standard InChI is InChI=1S/C19H27NO5/c1-14-4-3-5-17(15(14)2)25-13-9-18(21)20(10-6-19(22)23)16-7-11-24-12-8-16/h3-5,16H,6-13H2,1-2H3,(H,22,23). The molecule has 0 aromatic heterocycles. The summed E-state index contributed by atoms with van der Waals surface area (Å²) in [6, 6.07) is 5.90. The molecule has 0 radical (unpaired) electrons. The lowest BCUT2D eigenvalue weighted by molar-refractivity contribution is -0.140. The average Bonchev–Trinajstić information content (AvgIpc) is 2.59. The molecule has 0 atom stereocenters. The van der Waals surface area contributed by atoms with Crippen LogP contribution in [0.1, 0.15) is 36.8 Å². The van der Waals surface area contributed by atoms with Crippen LogP contribution < -0.4 is 4.74 Å². The van der Waals surface area contributed by atoms with Gasteiger partial charge in [0.25, 0.3) is 0 Å². The van der Waals surface area contributed by atoms with Crippen LogP contribution in [0.2, 0.25) is 0 Å². The molecular weight excluding hydrogens is 322 g/mol. The maximum absolute atomic E-state index is 12.6. The summed E-state index contributed by atoms with van der Waals surface area (Å²) < 4.78 is 11.1. The zero-order valence-electron chi connectivity index (χ0n) is 15.0. The first kappa shape index (κ1) is 19.2. The van der Waals surface area contributed by atoms with E-state index in [1.54, 1.807) is 4.90 Å². The normalized spacial score (nSPS) is 15.0. The highest BCUT2D eigenvalue weighted by molar-refractivity contribution is 5.77. The van der Waals surface area contributed by atoms with E-state index < -0.39 is 5.97 Å². The highest BCUT2D eigenvalue weighted by Crippen LogP contribution is 2.21. The Kier molecular flexibility index (Phi) is 7.25. The number of aliphatic carboxylic acids is 1. The fourth-order valence-corrected chi connectivity index (χ4v) is 3.00. The molecule has 1 aliphatic heterocycles. The van der Waals surface area contributed by atoms with E-state index in [2.05, 4.69) is 0 Å². The minimum atomic E-state index is -0.892. The first-order chi connectivity index (χ1) is 12.0. The quantitative estimate of drug-likeness (QED) is 0.780. The number of hydrogen-bond acceptors (Lipinski definition) is 4. The molecule has 1 fully saturated rings. The lowest BCUT2D eigenvalue weighted by Crippen LogP contribution is -2.44. The predicted octanol–water partition coefficient (Wildman–Crippen LogP) is 2.55. The molecule has 1 heterocycles. The van der Waals surface area contributed by atoms with Crippen molar-refractivity contribution in [3.63, 3.8) is 0 Å². The van der Waals surface area contributed by atoms with Crippen molar-refractivity contribution < 1.29 is 24.2 Å². The van der Waals surface area contributed by atoms with Crippen LogP contribution in [-0.4, -0.2) is 54.3 Å². The molecule has 0 spiro atoms. The van der Waals surface area contributed by atoms with Gasteiger partial charge in [-0.15, -0.1) is 0 Å². The molecule has 0 saturated carbocycles. The molecule has 0 aliphatic carbocycles. The van der Waals surface area contributed by atoms with Gasteiger partial charge in [0.1, 0.15) is 5.75 Å². The summed E-state index contributed by atoms with van der Waals surface area (Å²) in [6.07, 6.45) is 1.71. The summed E-state index contributed by atoms with van der Waals surface area (Å²) in [7, 11) is 0. The molecule has 6 nitrogen and oxygen atoms in total. The van der Waals surface area contributed by atoms with Gasteiger partial charge >= 0.3 is 5.97 Å². The Balaban J connectivity index is 1.91. The van der Waals surface area contributed by atoms with Crippen molar-refractivity contribution in [2.24, 2.45) is 0 Å². The van der Waals surface area contributed by atoms with E-state index in [9.17, 15) is 9.59 Å². The second kappa shape index (κ2) is 9.42. The number of carboxylic acid groups (broad SMARTS) is 1. The molecule has 1 amide bonds. The molecular formula is C19H27NO5. The smallest absolute Gasteiger partial charge is 0.305 e. The fraction of sp³-hybridized carbons (Fsp3) is 0.579. The van der Waals surface area contributed by atoms with Gasteiger partial charge in [0.2, 0.25) is 5.91 Å². The third-order valence-corrected chi connectivity index (χ3v) is 4.65. The summed E-state index contributed by atoms with van der Waals surface area (Å²) >= 11 is 0. The first-order valence-electron chi connectivity index (χ1n) is 8.77. The lowest BCUT2D eigenvalue weighted by Gasteiger charge is -2.34. The number of ether oxygens (including phenoxy) is 2. The molecule has 1 aliphatic rings. The van der Waals surface area contributed by atoms with Gasteiger partial charge in [-0.2, -0.15) is 0 Å². The monoisotopic (exact) mass is 349 g/mol. The van der Waals surface area contributed by atoms with Crippen LogP contribution in [0.5, 0.6) is 5.75 Å². The van der Waals surface area contributed by atoms with Gasteiger partial charge in [0, 0.05) is 25.8 Å². The van der Waals surface area contributed by atoms with E-state index in [1.165, 1.54) is 0 Å². The van der Waals surface area contributed by atoms with Gasteiger partial charge in [-0.25, -0.2) is 0 Å². The Labute approximate surface area is 148 Å². The molecule has 1 aromatic rings. The van der Waals surface area contributed by atoms with Crippen molar-refractivity contribution in [2.75, 3.05) is 26.4 Å². The Morgan fingerprint density at radius 2 is 1.96 bits per heavy atom. The molecule has 2 rings (SSSR count). The lowest BCUT2D eigenvalue weighted by atomic mass is 10.1. The van der Waals surface area contributed by atoms with Gasteiger partial charge < -0.3 is 19.5 Å². The topological polar surface area (TPSA) is 76.1 Å². The van der Waals surface area contributed by atoms with E-state index >= 15 is 0 Å². The maximum Gasteiger partial charge on any atom is 0.305 e. The number of carboxylic acids is 1. The second-order valence-corrected chi connectivity index (χ2v) is 6.37. The zero-order valence-corrected chi connectivity index (χ0v) is 15.0. The van der Waals surface area contributed by atoms with Crippen LogP contribution >= 0.6 is 0 Å². The van der Waals surface area contributed by atoms with Crippen LogP contribution in [-0.2, 0) is 14.3 Å². The van der Waals surface area contributed by atoms with Crippen LogP contribution in [0.25, 0.3) is 0 Å². The van der Waals surface area contributed by atoms with Crippen LogP contribution in [0, 0.1) is 13.8 Å². The third kappa shape index (κ3) is 5.74. The molecule has 1 saturated heterocycles. The van der Waals surface area contributed by atoms with E-state index in [1.807, 2.05) is 32.0 Å². The maximum atomic E-state index is 12.6. The summed E-state index contributed by atoms with van der Waals surface area (Å²) in [5, 5.41) is 8.94. The van der Waals surface area contributed by atoms with Crippen molar-refractivity contribution in [3.8, 4) is 5.75 Å². The molecule has 0 bridgehead atoms. The highest BCUT2D eigenvalue weighted by atomic mass is 16.5. The van der Waals surface area contributed by atoms with E-state index in [0.29, 0.717) is 13.2 Å². The van der Waals surface area contributed by atoms with Crippen molar-refractivity contribution in [1.82, 2.24) is 4.90 Å². The number of carbonyl (C=O) groups excluding carboxylic acids is 1. The van der Waals surface area contributed by atoms with Crippen molar-refractivity contribution in [1.29, 1.82) is 0 Å². The number of rotatable bonds is 8. The van der Waals surface area contributed by atoms with Gasteiger partial charge in [-0.1, -0.05) is 12.1 Å². The molecule has 138 valence electrons. The summed E-state index contributed by atoms with van der Waals surface area (Å²) in [4.78, 5) is 25.2. The Bertz CT molecular complexity index is 595. The summed E-state index contributed by atoms with van der Waals surface area (Å²) in [5.41, 5.74) is 2.22. The van der Waals surface area contributed by atoms with Gasteiger partial charge in [-0.05, 0) is 43.9 Å². The third-order valence-electron chi connectivity index (χ3n) is 4.65. The van der Waals surface area contributed by atoms with E-state index in [4.69, 9.17) is 14.6 Å². The number of carbonyl (C=O) groups is 2. The van der Waals surface area contributed by atoms with E-state index in [0.717, 1.165) is 29.7 Å². The number of nitrogens with zero attached hydrogens (tertiary/aromatic N) is 1. The molecule has 1 N–H and O–H groups in total. The van der Waals surface area contributed by atoms with Crippen LogP contribution in [0.3, 0.4) is 0 Å². The van der Waals surface area contributed by atoms with E-state index in [-0.39, 0.29) is 37.9 Å². The van der Waals surface area contributed by atoms with Gasteiger partial charge in [-0.3, -0.25) is 9.59 Å². The van der Waals surface area contributed by atoms with Crippen LogP contribution in [0.4, 0.5) is 0 Å². The van der Waals surface area contributed by atoms with Crippen molar-refractivity contribution in [2.45, 2.75) is 45.6 Å². The molecule has 0 unspecified atom stereocenters. The van der Waals surface area contributed by atoms with Crippen molar-refractivity contribution in [3.05, 3.63) is 29.3 Å². The summed E-state index contributed by atoms with van der Waals surface area (Å²) in [6.45, 7) is 5.76. The number of aryl methyl sites for hydroxylation is 1. The summed E-state index contributed by atoms with van der Waals surface area (Å²) in [5.74, 6) is -0.161. The molecule has 1 aromatic carbocycles. The van der Waals surface area contributed by atoms with Crippen LogP contribution in [0.15, 0.2) is 18.2 Å². The number of amides is 1. The largest absolute Gasteiger partial charge is 0.493 e. The van der Waals surface area contributed by atoms with Crippen molar-refractivity contribution >= 4 is 11.9 Å². The van der Waals surface area contributed by atoms with Gasteiger partial charge in [0.05, 0.1) is 19.4 Å². The number of benzene rings is 1. The second-order valence-electron chi connectivity index (χ2n) is 6.37. The first-order valence-corrected chi connectivity index (χ1v) is 8.77. The molecule has 25 heavy (non-hydrogen) atoms. The Morgan fingerprint density at radius 1 is 1.24 bits per heavy atom.